The van der Waals surface area contributed by atoms with E-state index in [0.29, 0.717) is 19.3 Å². The summed E-state index contributed by atoms with van der Waals surface area (Å²) in [5.74, 6) is -0.586. The Morgan fingerprint density at radius 2 is 1.77 bits per heavy atom. The van der Waals surface area contributed by atoms with Crippen molar-refractivity contribution >= 4 is 11.8 Å². The van der Waals surface area contributed by atoms with Crippen LogP contribution in [-0.2, 0) is 14.3 Å². The first-order valence-corrected chi connectivity index (χ1v) is 7.70. The van der Waals surface area contributed by atoms with Crippen molar-refractivity contribution < 1.29 is 18.7 Å². The van der Waals surface area contributed by atoms with Gasteiger partial charge in [-0.15, -0.1) is 0 Å². The number of ketones is 1. The van der Waals surface area contributed by atoms with Gasteiger partial charge < -0.3 is 4.74 Å². The summed E-state index contributed by atoms with van der Waals surface area (Å²) in [4.78, 5) is 23.6. The Hall–Kier alpha value is -1.71. The number of hydrogen-bond donors (Lipinski definition) is 0. The Morgan fingerprint density at radius 3 is 2.27 bits per heavy atom. The van der Waals surface area contributed by atoms with E-state index in [2.05, 4.69) is 0 Å². The Morgan fingerprint density at radius 1 is 1.18 bits per heavy atom. The van der Waals surface area contributed by atoms with Gasteiger partial charge in [0.05, 0.1) is 6.42 Å². The highest BCUT2D eigenvalue weighted by Crippen LogP contribution is 2.27. The lowest BCUT2D eigenvalue weighted by molar-refractivity contribution is -0.155. The molecule has 1 atom stereocenters. The second kappa shape index (κ2) is 8.06. The molecule has 0 heterocycles. The lowest BCUT2D eigenvalue weighted by Crippen LogP contribution is -2.25. The summed E-state index contributed by atoms with van der Waals surface area (Å²) in [5.41, 5.74) is 0.320. The lowest BCUT2D eigenvalue weighted by Gasteiger charge is -2.22. The van der Waals surface area contributed by atoms with Gasteiger partial charge in [-0.2, -0.15) is 0 Å². The van der Waals surface area contributed by atoms with Crippen molar-refractivity contribution in [3.05, 3.63) is 35.6 Å². The quantitative estimate of drug-likeness (QED) is 0.701. The minimum absolute atomic E-state index is 0.133. The topological polar surface area (TPSA) is 43.4 Å². The van der Waals surface area contributed by atoms with Gasteiger partial charge in [-0.05, 0) is 50.8 Å². The number of benzene rings is 1. The minimum Gasteiger partial charge on any atom is -0.460 e. The highest BCUT2D eigenvalue weighted by atomic mass is 19.1. The van der Waals surface area contributed by atoms with Crippen molar-refractivity contribution in [3.63, 3.8) is 0 Å². The van der Waals surface area contributed by atoms with Crippen molar-refractivity contribution in [2.75, 3.05) is 0 Å². The Labute approximate surface area is 131 Å². The van der Waals surface area contributed by atoms with Crippen LogP contribution in [0.25, 0.3) is 0 Å². The van der Waals surface area contributed by atoms with Crippen LogP contribution in [0.15, 0.2) is 24.3 Å². The molecule has 1 aromatic carbocycles. The van der Waals surface area contributed by atoms with Gasteiger partial charge >= 0.3 is 5.97 Å². The molecule has 4 heteroatoms. The maximum atomic E-state index is 13.1. The van der Waals surface area contributed by atoms with Gasteiger partial charge in [0.15, 0.2) is 0 Å². The average Bonchev–Trinajstić information content (AvgIpc) is 2.42. The van der Waals surface area contributed by atoms with E-state index in [1.54, 1.807) is 12.1 Å². The average molecular weight is 308 g/mol. The lowest BCUT2D eigenvalue weighted by atomic mass is 9.90. The van der Waals surface area contributed by atoms with E-state index in [-0.39, 0.29) is 29.9 Å². The number of carbonyl (C=O) groups is 2. The second-order valence-electron chi connectivity index (χ2n) is 6.47. The second-order valence-corrected chi connectivity index (χ2v) is 6.47. The van der Waals surface area contributed by atoms with Gasteiger partial charge in [0.25, 0.3) is 0 Å². The number of ether oxygens (including phenoxy) is 1. The van der Waals surface area contributed by atoms with Crippen LogP contribution in [0.3, 0.4) is 0 Å². The molecule has 122 valence electrons. The molecule has 0 aliphatic heterocycles. The molecule has 0 aliphatic rings. The molecule has 1 rings (SSSR count). The van der Waals surface area contributed by atoms with E-state index in [0.717, 1.165) is 5.56 Å². The molecule has 22 heavy (non-hydrogen) atoms. The van der Waals surface area contributed by atoms with Crippen LogP contribution < -0.4 is 0 Å². The fourth-order valence-corrected chi connectivity index (χ4v) is 2.22. The third-order valence-corrected chi connectivity index (χ3v) is 3.34. The molecule has 0 saturated heterocycles. The van der Waals surface area contributed by atoms with Gasteiger partial charge in [0.1, 0.15) is 17.2 Å². The van der Waals surface area contributed by atoms with E-state index in [1.165, 1.54) is 12.1 Å². The molecular formula is C18H25FO3. The van der Waals surface area contributed by atoms with Gasteiger partial charge in [0.2, 0.25) is 0 Å². The molecule has 0 saturated carbocycles. The van der Waals surface area contributed by atoms with E-state index < -0.39 is 5.60 Å². The summed E-state index contributed by atoms with van der Waals surface area (Å²) >= 11 is 0. The van der Waals surface area contributed by atoms with Gasteiger partial charge in [-0.3, -0.25) is 9.59 Å². The number of carbonyl (C=O) groups excluding carboxylic acids is 2. The van der Waals surface area contributed by atoms with Crippen LogP contribution >= 0.6 is 0 Å². The highest BCUT2D eigenvalue weighted by Gasteiger charge is 2.22. The maximum absolute atomic E-state index is 13.1. The minimum atomic E-state index is -0.538. The Bertz CT molecular complexity index is 500. The van der Waals surface area contributed by atoms with Crippen molar-refractivity contribution in [2.24, 2.45) is 0 Å². The Balaban J connectivity index is 2.79. The molecule has 0 spiro atoms. The van der Waals surface area contributed by atoms with E-state index in [1.807, 2.05) is 27.7 Å². The zero-order chi connectivity index (χ0) is 16.8. The largest absolute Gasteiger partial charge is 0.460 e. The van der Waals surface area contributed by atoms with Gasteiger partial charge in [-0.1, -0.05) is 19.1 Å². The highest BCUT2D eigenvalue weighted by molar-refractivity contribution is 5.78. The van der Waals surface area contributed by atoms with Crippen molar-refractivity contribution in [3.8, 4) is 0 Å². The predicted octanol–water partition coefficient (Wildman–Crippen LogP) is 4.40. The molecule has 0 radical (unpaired) electrons. The molecular weight excluding hydrogens is 283 g/mol. The third kappa shape index (κ3) is 6.83. The predicted molar refractivity (Wildman–Crippen MR) is 84.1 cm³/mol. The van der Waals surface area contributed by atoms with Crippen LogP contribution in [-0.4, -0.2) is 17.4 Å². The molecule has 3 nitrogen and oxygen atoms in total. The van der Waals surface area contributed by atoms with Gasteiger partial charge in [-0.25, -0.2) is 4.39 Å². The zero-order valence-electron chi connectivity index (χ0n) is 13.8. The molecule has 0 fully saturated rings. The number of hydrogen-bond acceptors (Lipinski definition) is 3. The van der Waals surface area contributed by atoms with E-state index in [4.69, 9.17) is 4.74 Å². The molecule has 0 bridgehead atoms. The monoisotopic (exact) mass is 308 g/mol. The number of esters is 1. The first kappa shape index (κ1) is 18.3. The summed E-state index contributed by atoms with van der Waals surface area (Å²) in [6, 6.07) is 6.08. The standard InChI is InChI=1S/C18H25FO3/c1-5-16(20)11-8-14(12-17(21)22-18(2,3)4)13-6-9-15(19)10-7-13/h6-7,9-10,14H,5,8,11-12H2,1-4H3/t14-/m1/s1. The summed E-state index contributed by atoms with van der Waals surface area (Å²) in [7, 11) is 0. The third-order valence-electron chi connectivity index (χ3n) is 3.34. The van der Waals surface area contributed by atoms with Crippen LogP contribution in [0.4, 0.5) is 4.39 Å². The first-order chi connectivity index (χ1) is 10.2. The fourth-order valence-electron chi connectivity index (χ4n) is 2.22. The molecule has 1 aromatic rings. The summed E-state index contributed by atoms with van der Waals surface area (Å²) in [5, 5.41) is 0. The molecule has 0 amide bonds. The SMILES string of the molecule is CCC(=O)CC[C@H](CC(=O)OC(C)(C)C)c1ccc(F)cc1. The summed E-state index contributed by atoms with van der Waals surface area (Å²) < 4.78 is 18.4. The number of Topliss-reactive ketones (excluding diaryl/α,β-unsaturated/α-hetero) is 1. The normalized spacial score (nSPS) is 12.8. The summed E-state index contributed by atoms with van der Waals surface area (Å²) in [6.07, 6.45) is 1.67. The van der Waals surface area contributed by atoms with Crippen molar-refractivity contribution in [1.29, 1.82) is 0 Å². The molecule has 0 aromatic heterocycles. The van der Waals surface area contributed by atoms with Gasteiger partial charge in [0, 0.05) is 12.8 Å². The zero-order valence-corrected chi connectivity index (χ0v) is 13.8. The van der Waals surface area contributed by atoms with E-state index >= 15 is 0 Å². The first-order valence-electron chi connectivity index (χ1n) is 7.70. The number of rotatable bonds is 7. The van der Waals surface area contributed by atoms with Crippen molar-refractivity contribution in [2.45, 2.75) is 64.9 Å². The molecule has 0 N–H and O–H groups in total. The summed E-state index contributed by atoms with van der Waals surface area (Å²) in [6.45, 7) is 7.28. The maximum Gasteiger partial charge on any atom is 0.306 e. The van der Waals surface area contributed by atoms with Crippen LogP contribution in [0.5, 0.6) is 0 Å². The van der Waals surface area contributed by atoms with Crippen molar-refractivity contribution in [1.82, 2.24) is 0 Å². The molecule has 0 unspecified atom stereocenters. The number of halogens is 1. The Kier molecular flexibility index (Phi) is 6.72. The fraction of sp³-hybridized carbons (Fsp3) is 0.556. The smallest absolute Gasteiger partial charge is 0.306 e. The van der Waals surface area contributed by atoms with E-state index in [9.17, 15) is 14.0 Å². The molecule has 0 aliphatic carbocycles. The van der Waals surface area contributed by atoms with Crippen LogP contribution in [0, 0.1) is 5.82 Å². The van der Waals surface area contributed by atoms with Crippen LogP contribution in [0.2, 0.25) is 0 Å². The van der Waals surface area contributed by atoms with Crippen LogP contribution in [0.1, 0.15) is 64.9 Å².